The van der Waals surface area contributed by atoms with Crippen LogP contribution < -0.4 is 10.6 Å². The van der Waals surface area contributed by atoms with Crippen LogP contribution >= 0.6 is 0 Å². The summed E-state index contributed by atoms with van der Waals surface area (Å²) in [5.74, 6) is -0.864. The quantitative estimate of drug-likeness (QED) is 0.600. The molecular weight excluding hydrogens is 212 g/mol. The Morgan fingerprint density at radius 1 is 1.62 bits per heavy atom. The molecule has 1 heterocycles. The van der Waals surface area contributed by atoms with Gasteiger partial charge in [0.25, 0.3) is 0 Å². The lowest BCUT2D eigenvalue weighted by atomic mass is 10.2. The van der Waals surface area contributed by atoms with Crippen LogP contribution in [0.15, 0.2) is 0 Å². The van der Waals surface area contributed by atoms with Crippen molar-refractivity contribution in [2.45, 2.75) is 13.0 Å². The van der Waals surface area contributed by atoms with E-state index in [9.17, 15) is 9.59 Å². The molecular formula is C10H18N2O4. The van der Waals surface area contributed by atoms with E-state index in [0.717, 1.165) is 6.54 Å². The van der Waals surface area contributed by atoms with Crippen LogP contribution in [0.2, 0.25) is 0 Å². The molecule has 0 radical (unpaired) electrons. The molecule has 2 unspecified atom stereocenters. The molecule has 6 nitrogen and oxygen atoms in total. The SMILES string of the molecule is COC(=O)C(C)CNC(=O)C1CNCCO1. The predicted octanol–water partition coefficient (Wildman–Crippen LogP) is -1.10. The number of carbonyl (C=O) groups is 2. The highest BCUT2D eigenvalue weighted by Gasteiger charge is 2.22. The molecule has 2 atom stereocenters. The van der Waals surface area contributed by atoms with Crippen LogP contribution in [0.4, 0.5) is 0 Å². The average Bonchev–Trinajstić information content (AvgIpc) is 2.35. The lowest BCUT2D eigenvalue weighted by Crippen LogP contribution is -2.48. The maximum absolute atomic E-state index is 11.6. The Hall–Kier alpha value is -1.14. The molecule has 0 aromatic heterocycles. The van der Waals surface area contributed by atoms with Crippen molar-refractivity contribution in [3.05, 3.63) is 0 Å². The van der Waals surface area contributed by atoms with Gasteiger partial charge < -0.3 is 20.1 Å². The summed E-state index contributed by atoms with van der Waals surface area (Å²) < 4.78 is 9.82. The molecule has 0 aromatic rings. The monoisotopic (exact) mass is 230 g/mol. The summed E-state index contributed by atoms with van der Waals surface area (Å²) in [4.78, 5) is 22.7. The number of amides is 1. The minimum absolute atomic E-state index is 0.192. The van der Waals surface area contributed by atoms with E-state index < -0.39 is 6.10 Å². The Bertz CT molecular complexity index is 251. The highest BCUT2D eigenvalue weighted by Crippen LogP contribution is 1.98. The zero-order valence-corrected chi connectivity index (χ0v) is 9.62. The summed E-state index contributed by atoms with van der Waals surface area (Å²) in [6.45, 7) is 3.78. The van der Waals surface area contributed by atoms with Crippen LogP contribution in [0.3, 0.4) is 0 Å². The minimum Gasteiger partial charge on any atom is -0.469 e. The van der Waals surface area contributed by atoms with Gasteiger partial charge in [-0.25, -0.2) is 0 Å². The fourth-order valence-corrected chi connectivity index (χ4v) is 1.39. The number of hydrogen-bond acceptors (Lipinski definition) is 5. The molecule has 0 aromatic carbocycles. The van der Waals surface area contributed by atoms with Crippen LogP contribution in [0.1, 0.15) is 6.92 Å². The van der Waals surface area contributed by atoms with Gasteiger partial charge in [-0.15, -0.1) is 0 Å². The summed E-state index contributed by atoms with van der Waals surface area (Å²) in [5.41, 5.74) is 0. The van der Waals surface area contributed by atoms with Crippen LogP contribution in [0.5, 0.6) is 0 Å². The molecule has 2 N–H and O–H groups in total. The minimum atomic E-state index is -0.460. The maximum Gasteiger partial charge on any atom is 0.310 e. The number of methoxy groups -OCH3 is 1. The van der Waals surface area contributed by atoms with Crippen molar-refractivity contribution in [3.63, 3.8) is 0 Å². The van der Waals surface area contributed by atoms with Gasteiger partial charge in [-0.2, -0.15) is 0 Å². The van der Waals surface area contributed by atoms with Gasteiger partial charge in [0.1, 0.15) is 6.10 Å². The van der Waals surface area contributed by atoms with Crippen LogP contribution in [0, 0.1) is 5.92 Å². The van der Waals surface area contributed by atoms with E-state index in [0.29, 0.717) is 13.2 Å². The second-order valence-electron chi connectivity index (χ2n) is 3.73. The lowest BCUT2D eigenvalue weighted by Gasteiger charge is -2.23. The zero-order chi connectivity index (χ0) is 12.0. The van der Waals surface area contributed by atoms with Crippen molar-refractivity contribution in [3.8, 4) is 0 Å². The lowest BCUT2D eigenvalue weighted by molar-refractivity contribution is -0.145. The summed E-state index contributed by atoms with van der Waals surface area (Å²) in [5, 5.41) is 5.72. The summed E-state index contributed by atoms with van der Waals surface area (Å²) in [6.07, 6.45) is -0.460. The standard InChI is InChI=1S/C10H18N2O4/c1-7(10(14)15-2)5-12-9(13)8-6-11-3-4-16-8/h7-8,11H,3-6H2,1-2H3,(H,12,13). The second kappa shape index (κ2) is 6.44. The first-order chi connectivity index (χ1) is 7.65. The topological polar surface area (TPSA) is 76.7 Å². The molecule has 1 rings (SSSR count). The summed E-state index contributed by atoms with van der Waals surface area (Å²) >= 11 is 0. The third-order valence-corrected chi connectivity index (χ3v) is 2.41. The van der Waals surface area contributed by atoms with Gasteiger partial charge >= 0.3 is 5.97 Å². The normalized spacial score (nSPS) is 22.2. The molecule has 1 saturated heterocycles. The van der Waals surface area contributed by atoms with Crippen LogP contribution in [0.25, 0.3) is 0 Å². The van der Waals surface area contributed by atoms with Gasteiger partial charge in [0.15, 0.2) is 0 Å². The Morgan fingerprint density at radius 2 is 2.38 bits per heavy atom. The van der Waals surface area contributed by atoms with Crippen molar-refractivity contribution in [1.82, 2.24) is 10.6 Å². The van der Waals surface area contributed by atoms with Gasteiger partial charge in [-0.1, -0.05) is 6.92 Å². The van der Waals surface area contributed by atoms with E-state index >= 15 is 0 Å². The van der Waals surface area contributed by atoms with E-state index in [4.69, 9.17) is 4.74 Å². The molecule has 0 saturated carbocycles. The molecule has 1 fully saturated rings. The zero-order valence-electron chi connectivity index (χ0n) is 9.62. The largest absolute Gasteiger partial charge is 0.469 e. The summed E-state index contributed by atoms with van der Waals surface area (Å²) in [7, 11) is 1.33. The highest BCUT2D eigenvalue weighted by molar-refractivity contribution is 5.82. The Balaban J connectivity index is 2.26. The smallest absolute Gasteiger partial charge is 0.310 e. The average molecular weight is 230 g/mol. The molecule has 0 aliphatic carbocycles. The van der Waals surface area contributed by atoms with Crippen molar-refractivity contribution < 1.29 is 19.1 Å². The van der Waals surface area contributed by atoms with Crippen LogP contribution in [-0.2, 0) is 19.1 Å². The summed E-state index contributed by atoms with van der Waals surface area (Å²) in [6, 6.07) is 0. The van der Waals surface area contributed by atoms with Gasteiger partial charge in [0.05, 0.1) is 19.6 Å². The van der Waals surface area contributed by atoms with Gasteiger partial charge in [0.2, 0.25) is 5.91 Å². The fraction of sp³-hybridized carbons (Fsp3) is 0.800. The Kier molecular flexibility index (Phi) is 5.21. The third-order valence-electron chi connectivity index (χ3n) is 2.41. The van der Waals surface area contributed by atoms with E-state index in [-0.39, 0.29) is 24.3 Å². The van der Waals surface area contributed by atoms with Crippen molar-refractivity contribution >= 4 is 11.9 Å². The van der Waals surface area contributed by atoms with Gasteiger partial charge in [0, 0.05) is 19.6 Å². The van der Waals surface area contributed by atoms with E-state index in [2.05, 4.69) is 15.4 Å². The van der Waals surface area contributed by atoms with E-state index in [1.54, 1.807) is 6.92 Å². The van der Waals surface area contributed by atoms with Gasteiger partial charge in [-0.3, -0.25) is 9.59 Å². The van der Waals surface area contributed by atoms with Gasteiger partial charge in [-0.05, 0) is 0 Å². The third kappa shape index (κ3) is 3.79. The predicted molar refractivity (Wildman–Crippen MR) is 56.8 cm³/mol. The molecule has 1 amide bonds. The number of ether oxygens (including phenoxy) is 2. The highest BCUT2D eigenvalue weighted by atomic mass is 16.5. The fourth-order valence-electron chi connectivity index (χ4n) is 1.39. The maximum atomic E-state index is 11.6. The first-order valence-corrected chi connectivity index (χ1v) is 5.33. The number of nitrogens with one attached hydrogen (secondary N) is 2. The molecule has 92 valence electrons. The Labute approximate surface area is 94.7 Å². The number of carbonyl (C=O) groups excluding carboxylic acids is 2. The van der Waals surface area contributed by atoms with Crippen molar-refractivity contribution in [2.24, 2.45) is 5.92 Å². The number of morpholine rings is 1. The first kappa shape index (κ1) is 12.9. The molecule has 16 heavy (non-hydrogen) atoms. The van der Waals surface area contributed by atoms with Crippen molar-refractivity contribution in [1.29, 1.82) is 0 Å². The number of rotatable bonds is 4. The van der Waals surface area contributed by atoms with Crippen molar-refractivity contribution in [2.75, 3.05) is 33.4 Å². The molecule has 1 aliphatic rings. The first-order valence-electron chi connectivity index (χ1n) is 5.33. The van der Waals surface area contributed by atoms with E-state index in [1.165, 1.54) is 7.11 Å². The second-order valence-corrected chi connectivity index (χ2v) is 3.73. The van der Waals surface area contributed by atoms with E-state index in [1.807, 2.05) is 0 Å². The van der Waals surface area contributed by atoms with Crippen LogP contribution in [-0.4, -0.2) is 51.3 Å². The molecule has 1 aliphatic heterocycles. The molecule has 6 heteroatoms. The number of esters is 1. The molecule has 0 bridgehead atoms. The number of hydrogen-bond donors (Lipinski definition) is 2. The Morgan fingerprint density at radius 3 is 2.94 bits per heavy atom. The molecule has 0 spiro atoms.